The van der Waals surface area contributed by atoms with Gasteiger partial charge in [-0.05, 0) is 60.7 Å². The fourth-order valence-electron chi connectivity index (χ4n) is 3.76. The Labute approximate surface area is 200 Å². The molecular formula is C26H23FN2O6. The summed E-state index contributed by atoms with van der Waals surface area (Å²) in [4.78, 5) is 38.1. The molecule has 1 aliphatic heterocycles. The summed E-state index contributed by atoms with van der Waals surface area (Å²) >= 11 is 0. The molecule has 0 saturated carbocycles. The van der Waals surface area contributed by atoms with Crippen molar-refractivity contribution in [2.24, 2.45) is 0 Å². The van der Waals surface area contributed by atoms with Crippen LogP contribution in [0.4, 0.5) is 4.39 Å². The highest BCUT2D eigenvalue weighted by Crippen LogP contribution is 2.24. The van der Waals surface area contributed by atoms with Crippen LogP contribution in [0.15, 0.2) is 78.9 Å². The quantitative estimate of drug-likeness (QED) is 0.514. The number of nitrogens with one attached hydrogen (secondary N) is 1. The molecule has 2 atom stereocenters. The van der Waals surface area contributed by atoms with Gasteiger partial charge in [0.2, 0.25) is 5.91 Å². The van der Waals surface area contributed by atoms with Crippen molar-refractivity contribution < 1.29 is 33.4 Å². The van der Waals surface area contributed by atoms with Crippen LogP contribution >= 0.6 is 0 Å². The Hall–Kier alpha value is -4.40. The van der Waals surface area contributed by atoms with Gasteiger partial charge in [0.15, 0.2) is 0 Å². The van der Waals surface area contributed by atoms with E-state index in [0.717, 1.165) is 0 Å². The van der Waals surface area contributed by atoms with Crippen LogP contribution in [0.3, 0.4) is 0 Å². The van der Waals surface area contributed by atoms with Crippen molar-refractivity contribution >= 4 is 17.8 Å². The molecule has 1 heterocycles. The zero-order valence-corrected chi connectivity index (χ0v) is 18.6. The molecule has 2 N–H and O–H groups in total. The maximum atomic E-state index is 13.0. The van der Waals surface area contributed by atoms with Crippen molar-refractivity contribution in [3.63, 3.8) is 0 Å². The summed E-state index contributed by atoms with van der Waals surface area (Å²) in [6.45, 7) is -0.246. The summed E-state index contributed by atoms with van der Waals surface area (Å²) in [7, 11) is 0. The molecule has 0 spiro atoms. The minimum absolute atomic E-state index is 0.107. The summed E-state index contributed by atoms with van der Waals surface area (Å²) in [6, 6.07) is 19.7. The molecule has 0 bridgehead atoms. The number of para-hydroxylation sites is 1. The van der Waals surface area contributed by atoms with Gasteiger partial charge in [0.1, 0.15) is 35.2 Å². The molecule has 2 amide bonds. The molecule has 0 radical (unpaired) electrons. The Morgan fingerprint density at radius 2 is 1.54 bits per heavy atom. The lowest BCUT2D eigenvalue weighted by Crippen LogP contribution is -2.45. The second kappa shape index (κ2) is 10.7. The van der Waals surface area contributed by atoms with E-state index in [-0.39, 0.29) is 25.3 Å². The zero-order chi connectivity index (χ0) is 24.8. The zero-order valence-electron chi connectivity index (χ0n) is 18.6. The van der Waals surface area contributed by atoms with Crippen LogP contribution in [0, 0.1) is 5.82 Å². The molecule has 4 rings (SSSR count). The van der Waals surface area contributed by atoms with Gasteiger partial charge in [0.25, 0.3) is 5.91 Å². The number of rotatable bonds is 8. The van der Waals surface area contributed by atoms with Crippen molar-refractivity contribution in [1.82, 2.24) is 10.2 Å². The van der Waals surface area contributed by atoms with E-state index in [1.165, 1.54) is 41.3 Å². The number of hydrogen-bond donors (Lipinski definition) is 2. The molecule has 9 heteroatoms. The highest BCUT2D eigenvalue weighted by atomic mass is 19.1. The van der Waals surface area contributed by atoms with E-state index in [4.69, 9.17) is 9.47 Å². The van der Waals surface area contributed by atoms with Gasteiger partial charge in [-0.2, -0.15) is 0 Å². The number of likely N-dealkylation sites (tertiary alicyclic amines) is 1. The molecule has 0 unspecified atom stereocenters. The number of carbonyl (C=O) groups is 3. The first-order valence-corrected chi connectivity index (χ1v) is 10.9. The third kappa shape index (κ3) is 6.14. The standard InChI is InChI=1S/C26H23FN2O6/c27-18-8-12-21(13-9-18)34-20-10-6-17(7-11-20)25(31)28-15-24(30)29-16-22(14-23(29)26(32)33)35-19-4-2-1-3-5-19/h1-13,22-23H,14-16H2,(H,28,31)(H,32,33)/t22-,23+/m1/s1. The summed E-state index contributed by atoms with van der Waals surface area (Å²) in [5.41, 5.74) is 0.297. The number of aliphatic carboxylic acids is 1. The molecular weight excluding hydrogens is 455 g/mol. The Kier molecular flexibility index (Phi) is 7.25. The molecule has 1 fully saturated rings. The van der Waals surface area contributed by atoms with Gasteiger partial charge in [0.05, 0.1) is 13.1 Å². The van der Waals surface area contributed by atoms with Crippen LogP contribution in [0.5, 0.6) is 17.2 Å². The van der Waals surface area contributed by atoms with E-state index < -0.39 is 29.9 Å². The molecule has 3 aromatic carbocycles. The number of ether oxygens (including phenoxy) is 2. The average Bonchev–Trinajstić information content (AvgIpc) is 3.29. The Morgan fingerprint density at radius 3 is 2.17 bits per heavy atom. The SMILES string of the molecule is O=C(NCC(=O)N1C[C@H](Oc2ccccc2)C[C@H]1C(=O)O)c1ccc(Oc2ccc(F)cc2)cc1. The first-order chi connectivity index (χ1) is 16.9. The fraction of sp³-hybridized carbons (Fsp3) is 0.192. The summed E-state index contributed by atoms with van der Waals surface area (Å²) in [5, 5.41) is 12.1. The molecule has 35 heavy (non-hydrogen) atoms. The van der Waals surface area contributed by atoms with Crippen LogP contribution in [-0.4, -0.2) is 53.0 Å². The molecule has 1 saturated heterocycles. The van der Waals surface area contributed by atoms with E-state index >= 15 is 0 Å². The van der Waals surface area contributed by atoms with Crippen molar-refractivity contribution in [3.8, 4) is 17.2 Å². The fourth-order valence-corrected chi connectivity index (χ4v) is 3.76. The predicted molar refractivity (Wildman–Crippen MR) is 124 cm³/mol. The number of carbonyl (C=O) groups excluding carboxylic acids is 2. The predicted octanol–water partition coefficient (Wildman–Crippen LogP) is 3.48. The van der Waals surface area contributed by atoms with Gasteiger partial charge in [-0.3, -0.25) is 9.59 Å². The highest BCUT2D eigenvalue weighted by molar-refractivity contribution is 5.97. The third-order valence-electron chi connectivity index (χ3n) is 5.48. The van der Waals surface area contributed by atoms with E-state index in [0.29, 0.717) is 22.8 Å². The maximum absolute atomic E-state index is 13.0. The summed E-state index contributed by atoms with van der Waals surface area (Å²) in [5.74, 6) is -1.01. The molecule has 0 aliphatic carbocycles. The van der Waals surface area contributed by atoms with E-state index in [1.54, 1.807) is 36.4 Å². The second-order valence-corrected chi connectivity index (χ2v) is 7.95. The number of carboxylic acid groups (broad SMARTS) is 1. The van der Waals surface area contributed by atoms with Gasteiger partial charge in [0, 0.05) is 12.0 Å². The smallest absolute Gasteiger partial charge is 0.326 e. The van der Waals surface area contributed by atoms with Crippen molar-refractivity contribution in [1.29, 1.82) is 0 Å². The molecule has 0 aromatic heterocycles. The summed E-state index contributed by atoms with van der Waals surface area (Å²) in [6.07, 6.45) is -0.314. The third-order valence-corrected chi connectivity index (χ3v) is 5.48. The van der Waals surface area contributed by atoms with Crippen molar-refractivity contribution in [3.05, 3.63) is 90.2 Å². The molecule has 180 valence electrons. The lowest BCUT2D eigenvalue weighted by Gasteiger charge is -2.21. The Bertz CT molecular complexity index is 1180. The number of amides is 2. The largest absolute Gasteiger partial charge is 0.488 e. The number of hydrogen-bond acceptors (Lipinski definition) is 5. The number of halogens is 1. The summed E-state index contributed by atoms with van der Waals surface area (Å²) < 4.78 is 24.4. The maximum Gasteiger partial charge on any atom is 0.326 e. The average molecular weight is 478 g/mol. The normalized spacial score (nSPS) is 17.0. The highest BCUT2D eigenvalue weighted by Gasteiger charge is 2.40. The Morgan fingerprint density at radius 1 is 0.914 bits per heavy atom. The molecule has 1 aliphatic rings. The molecule has 8 nitrogen and oxygen atoms in total. The van der Waals surface area contributed by atoms with Crippen LogP contribution < -0.4 is 14.8 Å². The molecule has 3 aromatic rings. The van der Waals surface area contributed by atoms with Crippen molar-refractivity contribution in [2.45, 2.75) is 18.6 Å². The monoisotopic (exact) mass is 478 g/mol. The number of nitrogens with zero attached hydrogens (tertiary/aromatic N) is 1. The van der Waals surface area contributed by atoms with E-state index in [1.807, 2.05) is 6.07 Å². The van der Waals surface area contributed by atoms with Crippen LogP contribution in [0.2, 0.25) is 0 Å². The number of carboxylic acids is 1. The van der Waals surface area contributed by atoms with Gasteiger partial charge in [-0.25, -0.2) is 9.18 Å². The first kappa shape index (κ1) is 23.7. The van der Waals surface area contributed by atoms with Crippen LogP contribution in [-0.2, 0) is 9.59 Å². The Balaban J connectivity index is 1.31. The second-order valence-electron chi connectivity index (χ2n) is 7.95. The van der Waals surface area contributed by atoms with Crippen LogP contribution in [0.1, 0.15) is 16.8 Å². The van der Waals surface area contributed by atoms with Crippen molar-refractivity contribution in [2.75, 3.05) is 13.1 Å². The number of benzene rings is 3. The van der Waals surface area contributed by atoms with Gasteiger partial charge < -0.3 is 24.8 Å². The van der Waals surface area contributed by atoms with E-state index in [2.05, 4.69) is 5.32 Å². The van der Waals surface area contributed by atoms with Gasteiger partial charge >= 0.3 is 5.97 Å². The lowest BCUT2D eigenvalue weighted by atomic mass is 10.2. The minimum Gasteiger partial charge on any atom is -0.488 e. The van der Waals surface area contributed by atoms with Gasteiger partial charge in [-0.15, -0.1) is 0 Å². The lowest BCUT2D eigenvalue weighted by molar-refractivity contribution is -0.147. The van der Waals surface area contributed by atoms with Crippen LogP contribution in [0.25, 0.3) is 0 Å². The van der Waals surface area contributed by atoms with E-state index in [9.17, 15) is 23.9 Å². The first-order valence-electron chi connectivity index (χ1n) is 10.9. The minimum atomic E-state index is -1.12. The topological polar surface area (TPSA) is 105 Å². The van der Waals surface area contributed by atoms with Gasteiger partial charge in [-0.1, -0.05) is 18.2 Å².